The fourth-order valence-electron chi connectivity index (χ4n) is 3.75. The van der Waals surface area contributed by atoms with E-state index in [2.05, 4.69) is 5.32 Å². The highest BCUT2D eigenvalue weighted by molar-refractivity contribution is 5.85. The minimum absolute atomic E-state index is 0.00197. The second-order valence-corrected chi connectivity index (χ2v) is 6.76. The molecule has 0 heterocycles. The molecule has 0 saturated heterocycles. The summed E-state index contributed by atoms with van der Waals surface area (Å²) in [6, 6.07) is -0.00197. The van der Waals surface area contributed by atoms with Gasteiger partial charge in [0.05, 0.1) is 11.5 Å². The molecule has 2 aliphatic rings. The molecule has 21 heavy (non-hydrogen) atoms. The fraction of sp³-hybridized carbons (Fsp3) is 0.875. The van der Waals surface area contributed by atoms with Gasteiger partial charge in [-0.25, -0.2) is 0 Å². The lowest BCUT2D eigenvalue weighted by Crippen LogP contribution is -2.43. The van der Waals surface area contributed by atoms with E-state index in [9.17, 15) is 19.8 Å². The van der Waals surface area contributed by atoms with E-state index < -0.39 is 11.4 Å². The third kappa shape index (κ3) is 4.43. The maximum atomic E-state index is 12.3. The number of amides is 1. The molecule has 0 aromatic carbocycles. The lowest BCUT2D eigenvalue weighted by molar-refractivity contribution is -0.153. The minimum atomic E-state index is -0.881. The number of hydrogen-bond acceptors (Lipinski definition) is 3. The largest absolute Gasteiger partial charge is 0.481 e. The minimum Gasteiger partial charge on any atom is -0.481 e. The SMILES string of the molecule is O=C(CC1(C(=O)O)CCCCCC1)NC1CCCC(O)C1. The van der Waals surface area contributed by atoms with Gasteiger partial charge in [-0.2, -0.15) is 0 Å². The number of rotatable bonds is 4. The predicted molar refractivity (Wildman–Crippen MR) is 78.8 cm³/mol. The van der Waals surface area contributed by atoms with Crippen molar-refractivity contribution in [2.75, 3.05) is 0 Å². The molecule has 1 amide bonds. The molecular weight excluding hydrogens is 270 g/mol. The Labute approximate surface area is 126 Å². The highest BCUT2D eigenvalue weighted by Crippen LogP contribution is 2.38. The molecule has 2 atom stereocenters. The number of carboxylic acid groups (broad SMARTS) is 1. The van der Waals surface area contributed by atoms with Gasteiger partial charge in [-0.15, -0.1) is 0 Å². The molecule has 0 aromatic heterocycles. The van der Waals surface area contributed by atoms with E-state index in [1.165, 1.54) is 0 Å². The molecule has 0 aliphatic heterocycles. The highest BCUT2D eigenvalue weighted by Gasteiger charge is 2.40. The van der Waals surface area contributed by atoms with Crippen LogP contribution >= 0.6 is 0 Å². The summed E-state index contributed by atoms with van der Waals surface area (Å²) in [5.41, 5.74) is -0.881. The number of aliphatic carboxylic acids is 1. The lowest BCUT2D eigenvalue weighted by Gasteiger charge is -2.30. The molecule has 2 rings (SSSR count). The van der Waals surface area contributed by atoms with E-state index in [4.69, 9.17) is 0 Å². The summed E-state index contributed by atoms with van der Waals surface area (Å²) in [5, 5.41) is 22.2. The van der Waals surface area contributed by atoms with E-state index in [-0.39, 0.29) is 24.5 Å². The summed E-state index contributed by atoms with van der Waals surface area (Å²) in [6.07, 6.45) is 8.02. The molecule has 0 radical (unpaired) electrons. The quantitative estimate of drug-likeness (QED) is 0.694. The third-order valence-electron chi connectivity index (χ3n) is 5.02. The Kier molecular flexibility index (Phi) is 5.62. The van der Waals surface area contributed by atoms with Crippen molar-refractivity contribution in [2.24, 2.45) is 5.41 Å². The van der Waals surface area contributed by atoms with Gasteiger partial charge in [0.25, 0.3) is 0 Å². The van der Waals surface area contributed by atoms with Gasteiger partial charge in [-0.1, -0.05) is 25.7 Å². The monoisotopic (exact) mass is 297 g/mol. The van der Waals surface area contributed by atoms with Gasteiger partial charge in [0.15, 0.2) is 0 Å². The Morgan fingerprint density at radius 3 is 2.29 bits per heavy atom. The van der Waals surface area contributed by atoms with Crippen molar-refractivity contribution in [1.29, 1.82) is 0 Å². The Balaban J connectivity index is 1.93. The van der Waals surface area contributed by atoms with E-state index in [1.807, 2.05) is 0 Å². The van der Waals surface area contributed by atoms with E-state index in [0.29, 0.717) is 19.3 Å². The molecule has 5 nitrogen and oxygen atoms in total. The Hall–Kier alpha value is -1.10. The van der Waals surface area contributed by atoms with Crippen LogP contribution in [0.1, 0.15) is 70.6 Å². The zero-order valence-corrected chi connectivity index (χ0v) is 12.6. The molecule has 2 fully saturated rings. The van der Waals surface area contributed by atoms with Gasteiger partial charge in [0, 0.05) is 12.5 Å². The van der Waals surface area contributed by atoms with Crippen LogP contribution in [0.15, 0.2) is 0 Å². The first-order valence-corrected chi connectivity index (χ1v) is 8.23. The molecule has 2 aliphatic carbocycles. The summed E-state index contributed by atoms with van der Waals surface area (Å²) in [7, 11) is 0. The van der Waals surface area contributed by atoms with E-state index >= 15 is 0 Å². The number of aliphatic hydroxyl groups excluding tert-OH is 1. The van der Waals surface area contributed by atoms with Crippen molar-refractivity contribution in [1.82, 2.24) is 5.32 Å². The molecule has 120 valence electrons. The van der Waals surface area contributed by atoms with Crippen LogP contribution in [0.25, 0.3) is 0 Å². The van der Waals surface area contributed by atoms with Gasteiger partial charge in [0.2, 0.25) is 5.91 Å². The fourth-order valence-corrected chi connectivity index (χ4v) is 3.75. The van der Waals surface area contributed by atoms with Gasteiger partial charge < -0.3 is 15.5 Å². The van der Waals surface area contributed by atoms with Crippen molar-refractivity contribution in [3.63, 3.8) is 0 Å². The molecule has 0 aromatic rings. The standard InChI is InChI=1S/C16H27NO4/c18-13-7-5-6-12(10-13)17-14(19)11-16(15(20)21)8-3-1-2-4-9-16/h12-13,18H,1-11H2,(H,17,19)(H,20,21). The van der Waals surface area contributed by atoms with Crippen molar-refractivity contribution in [3.05, 3.63) is 0 Å². The maximum absolute atomic E-state index is 12.3. The number of nitrogens with one attached hydrogen (secondary N) is 1. The van der Waals surface area contributed by atoms with Gasteiger partial charge in [0.1, 0.15) is 0 Å². The van der Waals surface area contributed by atoms with Crippen LogP contribution in [-0.4, -0.2) is 34.2 Å². The molecule has 0 spiro atoms. The first-order chi connectivity index (χ1) is 10.0. The maximum Gasteiger partial charge on any atom is 0.310 e. The second kappa shape index (κ2) is 7.25. The smallest absolute Gasteiger partial charge is 0.310 e. The van der Waals surface area contributed by atoms with Crippen LogP contribution < -0.4 is 5.32 Å². The zero-order chi connectivity index (χ0) is 15.3. The number of hydrogen-bond donors (Lipinski definition) is 3. The van der Waals surface area contributed by atoms with Crippen LogP contribution in [0.3, 0.4) is 0 Å². The molecule has 2 saturated carbocycles. The lowest BCUT2D eigenvalue weighted by atomic mass is 9.77. The Morgan fingerprint density at radius 2 is 1.71 bits per heavy atom. The summed E-state index contributed by atoms with van der Waals surface area (Å²) in [5.74, 6) is -0.998. The number of carbonyl (C=O) groups is 2. The number of carboxylic acids is 1. The normalized spacial score (nSPS) is 29.4. The first kappa shape index (κ1) is 16.3. The first-order valence-electron chi connectivity index (χ1n) is 8.23. The summed E-state index contributed by atoms with van der Waals surface area (Å²) in [6.45, 7) is 0. The average Bonchev–Trinajstić information content (AvgIpc) is 2.65. The topological polar surface area (TPSA) is 86.6 Å². The average molecular weight is 297 g/mol. The van der Waals surface area contributed by atoms with Crippen molar-refractivity contribution in [2.45, 2.75) is 82.8 Å². The van der Waals surface area contributed by atoms with Crippen molar-refractivity contribution in [3.8, 4) is 0 Å². The molecule has 3 N–H and O–H groups in total. The van der Waals surface area contributed by atoms with Gasteiger partial charge in [-0.3, -0.25) is 9.59 Å². The Bertz CT molecular complexity index is 374. The Morgan fingerprint density at radius 1 is 1.05 bits per heavy atom. The summed E-state index contributed by atoms with van der Waals surface area (Å²) in [4.78, 5) is 23.9. The molecular formula is C16H27NO4. The van der Waals surface area contributed by atoms with Crippen LogP contribution in [0.2, 0.25) is 0 Å². The van der Waals surface area contributed by atoms with Crippen molar-refractivity contribution >= 4 is 11.9 Å². The van der Waals surface area contributed by atoms with E-state index in [0.717, 1.165) is 44.9 Å². The summed E-state index contributed by atoms with van der Waals surface area (Å²) >= 11 is 0. The number of carbonyl (C=O) groups excluding carboxylic acids is 1. The van der Waals surface area contributed by atoms with Crippen LogP contribution in [0.5, 0.6) is 0 Å². The summed E-state index contributed by atoms with van der Waals surface area (Å²) < 4.78 is 0. The van der Waals surface area contributed by atoms with E-state index in [1.54, 1.807) is 0 Å². The van der Waals surface area contributed by atoms with Crippen LogP contribution in [-0.2, 0) is 9.59 Å². The van der Waals surface area contributed by atoms with Crippen LogP contribution in [0, 0.1) is 5.41 Å². The number of aliphatic hydroxyl groups is 1. The predicted octanol–water partition coefficient (Wildman–Crippen LogP) is 2.22. The third-order valence-corrected chi connectivity index (χ3v) is 5.02. The second-order valence-electron chi connectivity index (χ2n) is 6.76. The molecule has 2 unspecified atom stereocenters. The highest BCUT2D eigenvalue weighted by atomic mass is 16.4. The van der Waals surface area contributed by atoms with Crippen LogP contribution in [0.4, 0.5) is 0 Å². The molecule has 0 bridgehead atoms. The van der Waals surface area contributed by atoms with Crippen molar-refractivity contribution < 1.29 is 19.8 Å². The van der Waals surface area contributed by atoms with Gasteiger partial charge in [-0.05, 0) is 38.5 Å². The zero-order valence-electron chi connectivity index (χ0n) is 12.6. The van der Waals surface area contributed by atoms with Gasteiger partial charge >= 0.3 is 5.97 Å². The molecule has 5 heteroatoms.